The Morgan fingerprint density at radius 1 is 0.633 bits per heavy atom. The normalized spacial score (nSPS) is 10.2. The van der Waals surface area contributed by atoms with Crippen LogP contribution in [0.3, 0.4) is 0 Å². The second-order valence-corrected chi connectivity index (χ2v) is 7.85. The monoisotopic (exact) mass is 430 g/mol. The third-order valence-electron chi connectivity index (χ3n) is 4.65. The van der Waals surface area contributed by atoms with Gasteiger partial charge < -0.3 is 15.4 Å². The number of nitrogens with one attached hydrogen (secondary N) is 2. The largest absolute Gasteiger partial charge is 0.356 e. The van der Waals surface area contributed by atoms with Gasteiger partial charge in [-0.05, 0) is 45.4 Å². The fourth-order valence-corrected chi connectivity index (χ4v) is 2.77. The number of rotatable bonds is 18. The van der Waals surface area contributed by atoms with Gasteiger partial charge in [-0.1, -0.05) is 40.5 Å². The molecule has 30 heavy (non-hydrogen) atoms. The maximum absolute atomic E-state index is 11.7. The summed E-state index contributed by atoms with van der Waals surface area (Å²) in [4.78, 5) is 45.8. The number of hydrogen-bond acceptors (Lipinski definition) is 4. The molecule has 0 aliphatic rings. The summed E-state index contributed by atoms with van der Waals surface area (Å²) in [6, 6.07) is 0. The van der Waals surface area contributed by atoms with Gasteiger partial charge in [0.05, 0.1) is 0 Å². The average molecular weight is 431 g/mol. The molecule has 0 atom stereocenters. The molecule has 0 bridgehead atoms. The summed E-state index contributed by atoms with van der Waals surface area (Å²) in [6.45, 7) is 10.7. The summed E-state index contributed by atoms with van der Waals surface area (Å²) >= 11 is 0. The maximum Gasteiger partial charge on any atom is 0.219 e. The zero-order chi connectivity index (χ0) is 23.2. The Labute approximate surface area is 187 Å². The van der Waals surface area contributed by atoms with Crippen LogP contribution >= 0.6 is 0 Å². The molecule has 6 nitrogen and oxygen atoms in total. The molecule has 0 saturated heterocycles. The first kappa shape index (κ1) is 30.5. The van der Waals surface area contributed by atoms with Gasteiger partial charge in [-0.25, -0.2) is 0 Å². The van der Waals surface area contributed by atoms with Crippen molar-refractivity contribution >= 4 is 23.4 Å². The summed E-state index contributed by atoms with van der Waals surface area (Å²) in [5.41, 5.74) is 0. The summed E-state index contributed by atoms with van der Waals surface area (Å²) in [5.74, 6) is 0.693. The fourth-order valence-electron chi connectivity index (χ4n) is 2.77. The van der Waals surface area contributed by atoms with Crippen LogP contribution in [0.4, 0.5) is 0 Å². The summed E-state index contributed by atoms with van der Waals surface area (Å²) in [5, 5.41) is 5.77. The van der Waals surface area contributed by atoms with Crippen LogP contribution in [-0.4, -0.2) is 36.5 Å². The Morgan fingerprint density at radius 3 is 1.43 bits per heavy atom. The lowest BCUT2D eigenvalue weighted by Gasteiger charge is -2.07. The van der Waals surface area contributed by atoms with E-state index >= 15 is 0 Å². The van der Waals surface area contributed by atoms with Crippen LogP contribution in [0.2, 0.25) is 0 Å². The number of unbranched alkanes of at least 4 members (excludes halogenated alkanes) is 5. The molecule has 2 N–H and O–H groups in total. The van der Waals surface area contributed by atoms with Crippen molar-refractivity contribution in [3.63, 3.8) is 0 Å². The Hall–Kier alpha value is -1.72. The van der Waals surface area contributed by atoms with Crippen LogP contribution in [0.25, 0.3) is 0 Å². The third kappa shape index (κ3) is 22.6. The minimum absolute atomic E-state index is 0. The number of amides is 2. The Bertz CT molecular complexity index is 487. The molecule has 0 radical (unpaired) electrons. The Morgan fingerprint density at radius 2 is 1.03 bits per heavy atom. The molecule has 0 heterocycles. The first-order chi connectivity index (χ1) is 14.3. The standard InChI is InChI=1S/C22H40N2O4.C2H6.2H2/c1-18(2)20(26)13-7-5-11-17-24-22(28)15-9-8-14-21(27)23-16-10-4-6-12-19(3)25;1-2;;/h18H,4-17H2,1-3H3,(H,23,27)(H,24,28);1-2H3;2*1H. The predicted molar refractivity (Wildman–Crippen MR) is 128 cm³/mol. The molecule has 2 amide bonds. The maximum atomic E-state index is 11.7. The molecule has 0 fully saturated rings. The van der Waals surface area contributed by atoms with Crippen LogP contribution in [-0.2, 0) is 19.2 Å². The van der Waals surface area contributed by atoms with Crippen molar-refractivity contribution in [2.75, 3.05) is 13.1 Å². The number of Topliss-reactive ketones (excluding diaryl/α,β-unsaturated/α-hetero) is 2. The van der Waals surface area contributed by atoms with Crippen LogP contribution in [0.1, 0.15) is 115 Å². The highest BCUT2D eigenvalue weighted by molar-refractivity contribution is 5.80. The zero-order valence-electron chi connectivity index (χ0n) is 20.1. The van der Waals surface area contributed by atoms with E-state index in [4.69, 9.17) is 0 Å². The second-order valence-electron chi connectivity index (χ2n) is 7.85. The van der Waals surface area contributed by atoms with Gasteiger partial charge in [0.1, 0.15) is 11.6 Å². The molecule has 0 aliphatic heterocycles. The fraction of sp³-hybridized carbons (Fsp3) is 0.833. The van der Waals surface area contributed by atoms with Gasteiger partial charge in [0.2, 0.25) is 11.8 Å². The van der Waals surface area contributed by atoms with Gasteiger partial charge in [0, 0.05) is 47.5 Å². The molecule has 0 spiro atoms. The second kappa shape index (κ2) is 22.0. The van der Waals surface area contributed by atoms with Gasteiger partial charge in [0.25, 0.3) is 0 Å². The van der Waals surface area contributed by atoms with Crippen molar-refractivity contribution in [2.45, 2.75) is 112 Å². The minimum Gasteiger partial charge on any atom is -0.356 e. The molecule has 0 aromatic carbocycles. The average Bonchev–Trinajstić information content (AvgIpc) is 2.71. The van der Waals surface area contributed by atoms with Crippen molar-refractivity contribution in [1.82, 2.24) is 10.6 Å². The highest BCUT2D eigenvalue weighted by Gasteiger charge is 2.07. The quantitative estimate of drug-likeness (QED) is 0.291. The molecule has 0 saturated carbocycles. The lowest BCUT2D eigenvalue weighted by molar-refractivity contribution is -0.123. The molecular formula is C24H50N2O4. The molecule has 0 unspecified atom stereocenters. The van der Waals surface area contributed by atoms with Crippen molar-refractivity contribution < 1.29 is 22.0 Å². The Balaban J connectivity index is -0.000000950. The van der Waals surface area contributed by atoms with Crippen LogP contribution in [0.5, 0.6) is 0 Å². The number of carbonyl (C=O) groups is 4. The van der Waals surface area contributed by atoms with Gasteiger partial charge in [-0.2, -0.15) is 0 Å². The SMILES string of the molecule is CC.CC(=O)CCCCCNC(=O)CCCCC(=O)NCCCCCC(=O)C(C)C.[HH].[HH]. The first-order valence-electron chi connectivity index (χ1n) is 11.9. The van der Waals surface area contributed by atoms with E-state index in [9.17, 15) is 19.2 Å². The molecule has 180 valence electrons. The van der Waals surface area contributed by atoms with Crippen molar-refractivity contribution in [2.24, 2.45) is 5.92 Å². The van der Waals surface area contributed by atoms with E-state index < -0.39 is 0 Å². The lowest BCUT2D eigenvalue weighted by Crippen LogP contribution is -2.25. The van der Waals surface area contributed by atoms with Crippen molar-refractivity contribution in [3.8, 4) is 0 Å². The van der Waals surface area contributed by atoms with Crippen molar-refractivity contribution in [3.05, 3.63) is 0 Å². The van der Waals surface area contributed by atoms with Gasteiger partial charge in [0.15, 0.2) is 0 Å². The summed E-state index contributed by atoms with van der Waals surface area (Å²) < 4.78 is 0. The number of hydrogen-bond donors (Lipinski definition) is 2. The topological polar surface area (TPSA) is 92.3 Å². The smallest absolute Gasteiger partial charge is 0.219 e. The number of carbonyl (C=O) groups excluding carboxylic acids is 4. The van der Waals surface area contributed by atoms with Gasteiger partial charge in [-0.15, -0.1) is 0 Å². The highest BCUT2D eigenvalue weighted by atomic mass is 16.2. The van der Waals surface area contributed by atoms with E-state index in [2.05, 4.69) is 10.6 Å². The van der Waals surface area contributed by atoms with Crippen molar-refractivity contribution in [1.29, 1.82) is 0 Å². The molecule has 0 rings (SSSR count). The summed E-state index contributed by atoms with van der Waals surface area (Å²) in [7, 11) is 0. The van der Waals surface area contributed by atoms with E-state index in [0.717, 1.165) is 38.5 Å². The molecular weight excluding hydrogens is 380 g/mol. The zero-order valence-corrected chi connectivity index (χ0v) is 20.1. The van der Waals surface area contributed by atoms with Gasteiger partial charge >= 0.3 is 0 Å². The molecule has 0 aliphatic carbocycles. The van der Waals surface area contributed by atoms with E-state index in [1.54, 1.807) is 6.92 Å². The van der Waals surface area contributed by atoms with Crippen LogP contribution in [0.15, 0.2) is 0 Å². The molecule has 6 heteroatoms. The molecule has 0 aromatic heterocycles. The van der Waals surface area contributed by atoms with Gasteiger partial charge in [-0.3, -0.25) is 14.4 Å². The Kier molecular flexibility index (Phi) is 22.3. The highest BCUT2D eigenvalue weighted by Crippen LogP contribution is 2.06. The van der Waals surface area contributed by atoms with E-state index in [0.29, 0.717) is 57.4 Å². The number of ketones is 2. The summed E-state index contributed by atoms with van der Waals surface area (Å²) in [6.07, 6.45) is 9.03. The van der Waals surface area contributed by atoms with E-state index in [-0.39, 0.29) is 26.4 Å². The van der Waals surface area contributed by atoms with E-state index in [1.165, 1.54) is 0 Å². The van der Waals surface area contributed by atoms with Crippen LogP contribution in [0, 0.1) is 5.92 Å². The first-order valence-corrected chi connectivity index (χ1v) is 11.9. The van der Waals surface area contributed by atoms with E-state index in [1.807, 2.05) is 27.7 Å². The van der Waals surface area contributed by atoms with Crippen LogP contribution < -0.4 is 10.6 Å². The third-order valence-corrected chi connectivity index (χ3v) is 4.65. The minimum atomic E-state index is 0. The predicted octanol–water partition coefficient (Wildman–Crippen LogP) is 5.23. The lowest BCUT2D eigenvalue weighted by atomic mass is 10.0. The molecule has 0 aromatic rings.